The van der Waals surface area contributed by atoms with Crippen molar-refractivity contribution in [2.75, 3.05) is 10.6 Å². The van der Waals surface area contributed by atoms with Gasteiger partial charge in [-0.1, -0.05) is 0 Å². The lowest BCUT2D eigenvalue weighted by Gasteiger charge is -2.09. The van der Waals surface area contributed by atoms with Crippen LogP contribution in [0.2, 0.25) is 0 Å². The topological polar surface area (TPSA) is 199 Å². The summed E-state index contributed by atoms with van der Waals surface area (Å²) in [6.45, 7) is 0. The summed E-state index contributed by atoms with van der Waals surface area (Å²) in [6.07, 6.45) is 2.80. The summed E-state index contributed by atoms with van der Waals surface area (Å²) in [7, 11) is -8.79. The van der Waals surface area contributed by atoms with Crippen LogP contribution < -0.4 is 21.2 Å². The summed E-state index contributed by atoms with van der Waals surface area (Å²) in [5.41, 5.74) is 1.75. The maximum Gasteiger partial charge on any atom is 0.356 e. The van der Waals surface area contributed by atoms with E-state index in [4.69, 9.17) is 0 Å². The Morgan fingerprint density at radius 3 is 1.24 bits per heavy atom. The molecule has 12 nitrogen and oxygen atoms in total. The molecule has 2 amide bonds. The zero-order valence-electron chi connectivity index (χ0n) is 19.3. The van der Waals surface area contributed by atoms with Gasteiger partial charge < -0.3 is 30.2 Å². The molecule has 2 heterocycles. The predicted molar refractivity (Wildman–Crippen MR) is 140 cm³/mol. The second-order valence-electron chi connectivity index (χ2n) is 7.95. The Morgan fingerprint density at radius 1 is 0.579 bits per heavy atom. The Bertz CT molecular complexity index is 1480. The second-order valence-corrected chi connectivity index (χ2v) is 11.2. The number of hydrogen-bond donors (Lipinski definition) is 6. The van der Waals surface area contributed by atoms with E-state index in [-0.39, 0.29) is 21.7 Å². The minimum absolute atomic E-state index is 0.171. The second kappa shape index (κ2) is 10.8. The van der Waals surface area contributed by atoms with Crippen LogP contribution in [0.4, 0.5) is 11.4 Å². The third kappa shape index (κ3) is 6.64. The molecule has 0 saturated heterocycles. The van der Waals surface area contributed by atoms with Crippen molar-refractivity contribution in [1.29, 1.82) is 0 Å². The molecule has 6 N–H and O–H groups in total. The largest absolute Gasteiger partial charge is 0.356 e. The highest BCUT2D eigenvalue weighted by Crippen LogP contribution is 2.34. The molecule has 4 rings (SSSR count). The highest BCUT2D eigenvalue weighted by molar-refractivity contribution is 7.60. The first-order valence-electron chi connectivity index (χ1n) is 10.8. The van der Waals surface area contributed by atoms with Gasteiger partial charge >= 0.3 is 15.2 Å². The summed E-state index contributed by atoms with van der Waals surface area (Å²) >= 11 is 0. The number of carbonyl (C=O) groups is 2. The molecule has 0 bridgehead atoms. The number of hydrogen-bond acceptors (Lipinski definition) is 6. The van der Waals surface area contributed by atoms with E-state index in [1.165, 1.54) is 85.2 Å². The van der Waals surface area contributed by atoms with Gasteiger partial charge in [0.1, 0.15) is 0 Å². The Labute approximate surface area is 215 Å². The number of anilines is 2. The molecule has 0 fully saturated rings. The van der Waals surface area contributed by atoms with Crippen molar-refractivity contribution in [2.45, 2.75) is 0 Å². The van der Waals surface area contributed by atoms with Gasteiger partial charge in [0.05, 0.1) is 22.0 Å². The molecule has 14 heteroatoms. The first kappa shape index (κ1) is 27.0. The fourth-order valence-electron chi connectivity index (χ4n) is 3.31. The zero-order valence-corrected chi connectivity index (χ0v) is 21.1. The molecule has 2 aromatic heterocycles. The van der Waals surface area contributed by atoms with E-state index < -0.39 is 27.0 Å². The molecule has 38 heavy (non-hydrogen) atoms. The van der Waals surface area contributed by atoms with E-state index in [0.717, 1.165) is 0 Å². The first-order chi connectivity index (χ1) is 17.9. The Kier molecular flexibility index (Phi) is 7.66. The molecule has 0 atom stereocenters. The fourth-order valence-corrected chi connectivity index (χ4v) is 4.38. The van der Waals surface area contributed by atoms with Crippen molar-refractivity contribution in [3.63, 3.8) is 0 Å². The molecule has 0 aliphatic carbocycles. The molecule has 2 aromatic carbocycles. The monoisotopic (exact) mass is 554 g/mol. The highest BCUT2D eigenvalue weighted by Gasteiger charge is 2.18. The van der Waals surface area contributed by atoms with Crippen molar-refractivity contribution in [3.8, 4) is 11.4 Å². The molecule has 0 spiro atoms. The lowest BCUT2D eigenvalue weighted by atomic mass is 10.1. The van der Waals surface area contributed by atoms with Crippen LogP contribution in [0.1, 0.15) is 20.7 Å². The van der Waals surface area contributed by atoms with Crippen LogP contribution in [0.3, 0.4) is 0 Å². The van der Waals surface area contributed by atoms with Crippen molar-refractivity contribution in [3.05, 3.63) is 96.3 Å². The van der Waals surface area contributed by atoms with Crippen LogP contribution in [0.25, 0.3) is 11.4 Å². The minimum atomic E-state index is -4.40. The standard InChI is InChI=1S/C24H20N4O8P2/c29-23(27-17-1-5-19(6-2-17)37(31,32)33)15-9-11-25-21(13-15)22-14-16(10-12-26-22)24(30)28-18-3-7-20(8-4-18)38(34,35)36/h1-14H,(H,27,29)(H,28,30)(H2,31,32,33)(H2,34,35,36). The van der Waals surface area contributed by atoms with Gasteiger partial charge in [-0.05, 0) is 72.8 Å². The van der Waals surface area contributed by atoms with Crippen molar-refractivity contribution in [1.82, 2.24) is 9.97 Å². The Hall–Kier alpha value is -4.02. The van der Waals surface area contributed by atoms with E-state index in [0.29, 0.717) is 22.8 Å². The van der Waals surface area contributed by atoms with Crippen molar-refractivity contribution < 1.29 is 38.3 Å². The van der Waals surface area contributed by atoms with Gasteiger partial charge in [-0.25, -0.2) is 0 Å². The first-order valence-corrected chi connectivity index (χ1v) is 14.0. The van der Waals surface area contributed by atoms with Crippen molar-refractivity contribution >= 4 is 49.0 Å². The van der Waals surface area contributed by atoms with Gasteiger partial charge in [-0.2, -0.15) is 0 Å². The Balaban J connectivity index is 1.48. The Morgan fingerprint density at radius 2 is 0.921 bits per heavy atom. The number of aromatic nitrogens is 2. The van der Waals surface area contributed by atoms with Crippen LogP contribution in [-0.2, 0) is 9.13 Å². The maximum atomic E-state index is 12.7. The molecular formula is C24H20N4O8P2. The summed E-state index contributed by atoms with van der Waals surface area (Å²) < 4.78 is 22.6. The third-order valence-electron chi connectivity index (χ3n) is 5.23. The van der Waals surface area contributed by atoms with E-state index in [1.807, 2.05) is 0 Å². The molecule has 4 aromatic rings. The smallest absolute Gasteiger partial charge is 0.322 e. The number of pyridine rings is 2. The maximum absolute atomic E-state index is 12.7. The minimum Gasteiger partial charge on any atom is -0.322 e. The summed E-state index contributed by atoms with van der Waals surface area (Å²) in [5.74, 6) is -0.990. The van der Waals surface area contributed by atoms with Gasteiger partial charge in [-0.15, -0.1) is 0 Å². The quantitative estimate of drug-likeness (QED) is 0.184. The highest BCUT2D eigenvalue weighted by atomic mass is 31.2. The number of nitrogens with one attached hydrogen (secondary N) is 2. The summed E-state index contributed by atoms with van der Waals surface area (Å²) in [6, 6.07) is 16.3. The lowest BCUT2D eigenvalue weighted by Crippen LogP contribution is -2.14. The molecule has 194 valence electrons. The average molecular weight is 554 g/mol. The molecular weight excluding hydrogens is 534 g/mol. The number of nitrogens with zero attached hydrogens (tertiary/aromatic N) is 2. The van der Waals surface area contributed by atoms with Crippen LogP contribution in [0, 0.1) is 0 Å². The molecule has 0 radical (unpaired) electrons. The average Bonchev–Trinajstić information content (AvgIpc) is 2.88. The third-order valence-corrected chi connectivity index (χ3v) is 7.17. The van der Waals surface area contributed by atoms with Gasteiger partial charge in [0.15, 0.2) is 0 Å². The van der Waals surface area contributed by atoms with Crippen molar-refractivity contribution in [2.24, 2.45) is 0 Å². The fraction of sp³-hybridized carbons (Fsp3) is 0. The van der Waals surface area contributed by atoms with Gasteiger partial charge in [0.2, 0.25) is 0 Å². The molecule has 0 unspecified atom stereocenters. The van der Waals surface area contributed by atoms with Crippen LogP contribution in [0.5, 0.6) is 0 Å². The van der Waals surface area contributed by atoms with E-state index >= 15 is 0 Å². The lowest BCUT2D eigenvalue weighted by molar-refractivity contribution is 0.101. The van der Waals surface area contributed by atoms with Crippen LogP contribution in [-0.4, -0.2) is 41.4 Å². The zero-order chi connectivity index (χ0) is 27.5. The van der Waals surface area contributed by atoms with Gasteiger partial charge in [0, 0.05) is 34.9 Å². The molecule has 0 aliphatic heterocycles. The number of carbonyl (C=O) groups excluding carboxylic acids is 2. The molecule has 0 aliphatic rings. The van der Waals surface area contributed by atoms with Crippen LogP contribution in [0.15, 0.2) is 85.2 Å². The van der Waals surface area contributed by atoms with Gasteiger partial charge in [0.25, 0.3) is 11.8 Å². The number of amides is 2. The van der Waals surface area contributed by atoms with E-state index in [1.54, 1.807) is 0 Å². The van der Waals surface area contributed by atoms with E-state index in [9.17, 15) is 38.3 Å². The summed E-state index contributed by atoms with van der Waals surface area (Å²) in [5, 5.41) is 4.92. The van der Waals surface area contributed by atoms with E-state index in [2.05, 4.69) is 20.6 Å². The van der Waals surface area contributed by atoms with Crippen LogP contribution >= 0.6 is 15.2 Å². The summed E-state index contributed by atoms with van der Waals surface area (Å²) in [4.78, 5) is 70.7. The SMILES string of the molecule is O=C(Nc1ccc(P(=O)(O)O)cc1)c1ccnc(-c2cc(C(=O)Nc3ccc(P(=O)(O)O)cc3)ccn2)c1. The molecule has 0 saturated carbocycles. The predicted octanol–water partition coefficient (Wildman–Crippen LogP) is 2.25. The number of benzene rings is 2. The van der Waals surface area contributed by atoms with Gasteiger partial charge in [-0.3, -0.25) is 28.7 Å². The number of rotatable bonds is 7. The normalized spacial score (nSPS) is 11.6.